The van der Waals surface area contributed by atoms with E-state index in [0.717, 1.165) is 17.7 Å². The molecule has 0 saturated carbocycles. The lowest BCUT2D eigenvalue weighted by Crippen LogP contribution is -2.12. The van der Waals surface area contributed by atoms with Crippen LogP contribution in [0.15, 0.2) is 42.5 Å². The molecular formula is C16H17NO. The molecule has 92 valence electrons. The van der Waals surface area contributed by atoms with Crippen LogP contribution >= 0.6 is 0 Å². The van der Waals surface area contributed by atoms with Gasteiger partial charge < -0.3 is 10.5 Å². The lowest BCUT2D eigenvalue weighted by Gasteiger charge is -2.14. The van der Waals surface area contributed by atoms with Crippen LogP contribution in [-0.4, -0.2) is 0 Å². The summed E-state index contributed by atoms with van der Waals surface area (Å²) in [6.07, 6.45) is 0. The van der Waals surface area contributed by atoms with E-state index in [1.165, 1.54) is 16.7 Å². The molecule has 2 nitrogen and oxygen atoms in total. The number of ether oxygens (including phenoxy) is 1. The molecule has 0 bridgehead atoms. The van der Waals surface area contributed by atoms with Crippen molar-refractivity contribution >= 4 is 0 Å². The standard InChI is InChI=1S/C16H17NO/c1-11-3-2-4-12(7-11)16(17)13-5-6-14-9-18-10-15(14)8-13/h2-8,16H,9-10,17H2,1H3. The lowest BCUT2D eigenvalue weighted by atomic mass is 9.95. The summed E-state index contributed by atoms with van der Waals surface area (Å²) < 4.78 is 5.43. The summed E-state index contributed by atoms with van der Waals surface area (Å²) in [4.78, 5) is 0. The molecule has 0 saturated heterocycles. The predicted octanol–water partition coefficient (Wildman–Crippen LogP) is 3.07. The van der Waals surface area contributed by atoms with E-state index in [4.69, 9.17) is 10.5 Å². The monoisotopic (exact) mass is 239 g/mol. The summed E-state index contributed by atoms with van der Waals surface area (Å²) in [5, 5.41) is 0. The smallest absolute Gasteiger partial charge is 0.0725 e. The number of fused-ring (bicyclic) bond motifs is 1. The first kappa shape index (κ1) is 11.5. The fraction of sp³-hybridized carbons (Fsp3) is 0.250. The van der Waals surface area contributed by atoms with Gasteiger partial charge in [-0.1, -0.05) is 48.0 Å². The molecule has 2 heteroatoms. The zero-order valence-electron chi connectivity index (χ0n) is 10.5. The molecule has 0 radical (unpaired) electrons. The first-order chi connectivity index (χ1) is 8.74. The van der Waals surface area contributed by atoms with Crippen molar-refractivity contribution < 1.29 is 4.74 Å². The highest BCUT2D eigenvalue weighted by molar-refractivity contribution is 5.39. The quantitative estimate of drug-likeness (QED) is 0.874. The molecule has 0 aliphatic carbocycles. The maximum atomic E-state index is 6.34. The van der Waals surface area contributed by atoms with E-state index in [1.807, 2.05) is 0 Å². The summed E-state index contributed by atoms with van der Waals surface area (Å²) in [5.41, 5.74) is 12.5. The van der Waals surface area contributed by atoms with E-state index in [2.05, 4.69) is 49.4 Å². The van der Waals surface area contributed by atoms with Gasteiger partial charge in [0.05, 0.1) is 19.3 Å². The van der Waals surface area contributed by atoms with Crippen LogP contribution in [0.25, 0.3) is 0 Å². The van der Waals surface area contributed by atoms with Gasteiger partial charge in [0.25, 0.3) is 0 Å². The summed E-state index contributed by atoms with van der Waals surface area (Å²) in [7, 11) is 0. The van der Waals surface area contributed by atoms with Gasteiger partial charge in [0.1, 0.15) is 0 Å². The molecule has 0 spiro atoms. The molecule has 1 heterocycles. The Kier molecular flexibility index (Phi) is 2.90. The van der Waals surface area contributed by atoms with Crippen molar-refractivity contribution in [3.05, 3.63) is 70.3 Å². The zero-order chi connectivity index (χ0) is 12.5. The summed E-state index contributed by atoms with van der Waals surface area (Å²) in [6, 6.07) is 14.7. The second-order valence-electron chi connectivity index (χ2n) is 4.91. The van der Waals surface area contributed by atoms with Crippen molar-refractivity contribution in [2.45, 2.75) is 26.2 Å². The Labute approximate surface area is 107 Å². The third-order valence-corrected chi connectivity index (χ3v) is 3.51. The van der Waals surface area contributed by atoms with Crippen LogP contribution in [0.3, 0.4) is 0 Å². The van der Waals surface area contributed by atoms with E-state index in [1.54, 1.807) is 0 Å². The van der Waals surface area contributed by atoms with Gasteiger partial charge in [0.15, 0.2) is 0 Å². The van der Waals surface area contributed by atoms with Crippen molar-refractivity contribution in [2.24, 2.45) is 5.73 Å². The second kappa shape index (κ2) is 4.56. The number of benzene rings is 2. The fourth-order valence-corrected chi connectivity index (χ4v) is 2.44. The van der Waals surface area contributed by atoms with Gasteiger partial charge in [-0.15, -0.1) is 0 Å². The highest BCUT2D eigenvalue weighted by Gasteiger charge is 2.15. The molecular weight excluding hydrogens is 222 g/mol. The number of aryl methyl sites for hydroxylation is 1. The van der Waals surface area contributed by atoms with Crippen molar-refractivity contribution in [3.63, 3.8) is 0 Å². The van der Waals surface area contributed by atoms with Crippen LogP contribution in [0.4, 0.5) is 0 Å². The Balaban J connectivity index is 1.95. The molecule has 0 amide bonds. The van der Waals surface area contributed by atoms with Crippen LogP contribution in [0.2, 0.25) is 0 Å². The summed E-state index contributed by atoms with van der Waals surface area (Å²) in [6.45, 7) is 3.53. The second-order valence-corrected chi connectivity index (χ2v) is 4.91. The lowest BCUT2D eigenvalue weighted by molar-refractivity contribution is 0.134. The minimum atomic E-state index is -0.0594. The molecule has 1 unspecified atom stereocenters. The number of hydrogen-bond acceptors (Lipinski definition) is 2. The maximum Gasteiger partial charge on any atom is 0.0725 e. The molecule has 0 fully saturated rings. The van der Waals surface area contributed by atoms with Gasteiger partial charge in [-0.2, -0.15) is 0 Å². The minimum Gasteiger partial charge on any atom is -0.372 e. The van der Waals surface area contributed by atoms with Crippen molar-refractivity contribution in [1.82, 2.24) is 0 Å². The molecule has 18 heavy (non-hydrogen) atoms. The highest BCUT2D eigenvalue weighted by atomic mass is 16.5. The van der Waals surface area contributed by atoms with Crippen LogP contribution < -0.4 is 5.73 Å². The third-order valence-electron chi connectivity index (χ3n) is 3.51. The van der Waals surface area contributed by atoms with Crippen molar-refractivity contribution in [1.29, 1.82) is 0 Å². The molecule has 1 aliphatic rings. The Hall–Kier alpha value is -1.64. The van der Waals surface area contributed by atoms with Gasteiger partial charge in [-0.25, -0.2) is 0 Å². The summed E-state index contributed by atoms with van der Waals surface area (Å²) >= 11 is 0. The molecule has 1 atom stereocenters. The van der Waals surface area contributed by atoms with Gasteiger partial charge in [-0.3, -0.25) is 0 Å². The van der Waals surface area contributed by atoms with Crippen LogP contribution in [0, 0.1) is 6.92 Å². The molecule has 2 aromatic carbocycles. The molecule has 2 N–H and O–H groups in total. The average molecular weight is 239 g/mol. The molecule has 1 aliphatic heterocycles. The van der Waals surface area contributed by atoms with E-state index >= 15 is 0 Å². The van der Waals surface area contributed by atoms with Crippen LogP contribution in [-0.2, 0) is 18.0 Å². The first-order valence-electron chi connectivity index (χ1n) is 6.25. The first-order valence-corrected chi connectivity index (χ1v) is 6.25. The normalized spacial score (nSPS) is 15.4. The van der Waals surface area contributed by atoms with Gasteiger partial charge in [0, 0.05) is 0 Å². The van der Waals surface area contributed by atoms with E-state index in [-0.39, 0.29) is 6.04 Å². The van der Waals surface area contributed by atoms with E-state index in [0.29, 0.717) is 6.61 Å². The Bertz CT molecular complexity index is 577. The SMILES string of the molecule is Cc1cccc(C(N)c2ccc3c(c2)COC3)c1. The van der Waals surface area contributed by atoms with E-state index < -0.39 is 0 Å². The molecule has 0 aromatic heterocycles. The topological polar surface area (TPSA) is 35.2 Å². The zero-order valence-corrected chi connectivity index (χ0v) is 10.5. The Morgan fingerprint density at radius 2 is 1.78 bits per heavy atom. The van der Waals surface area contributed by atoms with Gasteiger partial charge >= 0.3 is 0 Å². The largest absolute Gasteiger partial charge is 0.372 e. The van der Waals surface area contributed by atoms with E-state index in [9.17, 15) is 0 Å². The van der Waals surface area contributed by atoms with Crippen LogP contribution in [0.5, 0.6) is 0 Å². The van der Waals surface area contributed by atoms with Crippen molar-refractivity contribution in [2.75, 3.05) is 0 Å². The van der Waals surface area contributed by atoms with Crippen molar-refractivity contribution in [3.8, 4) is 0 Å². The predicted molar refractivity (Wildman–Crippen MR) is 72.1 cm³/mol. The summed E-state index contributed by atoms with van der Waals surface area (Å²) in [5.74, 6) is 0. The highest BCUT2D eigenvalue weighted by Crippen LogP contribution is 2.26. The number of hydrogen-bond donors (Lipinski definition) is 1. The number of nitrogens with two attached hydrogens (primary N) is 1. The van der Waals surface area contributed by atoms with Gasteiger partial charge in [0.2, 0.25) is 0 Å². The average Bonchev–Trinajstić information content (AvgIpc) is 2.85. The Morgan fingerprint density at radius 1 is 1.00 bits per heavy atom. The van der Waals surface area contributed by atoms with Gasteiger partial charge in [-0.05, 0) is 29.2 Å². The Morgan fingerprint density at radius 3 is 2.61 bits per heavy atom. The molecule has 2 aromatic rings. The molecule has 3 rings (SSSR count). The minimum absolute atomic E-state index is 0.0594. The fourth-order valence-electron chi connectivity index (χ4n) is 2.44. The van der Waals surface area contributed by atoms with Crippen LogP contribution in [0.1, 0.15) is 33.9 Å². The third kappa shape index (κ3) is 2.05. The number of rotatable bonds is 2. The maximum absolute atomic E-state index is 6.34.